The Morgan fingerprint density at radius 2 is 2.05 bits per heavy atom. The molecule has 0 radical (unpaired) electrons. The van der Waals surface area contributed by atoms with Crippen LogP contribution in [0.25, 0.3) is 0 Å². The van der Waals surface area contributed by atoms with Gasteiger partial charge in [0.2, 0.25) is 0 Å². The smallest absolute Gasteiger partial charge is 0.327 e. The molecule has 0 aromatic carbocycles. The molecule has 0 atom stereocenters. The Labute approximate surface area is 125 Å². The van der Waals surface area contributed by atoms with Crippen molar-refractivity contribution >= 4 is 27.6 Å². The second-order valence-corrected chi connectivity index (χ2v) is 5.47. The first kappa shape index (κ1) is 15.0. The largest absolute Gasteiger partial charge is 0.468 e. The Hall–Kier alpha value is -1.41. The molecule has 0 bridgehead atoms. The first-order chi connectivity index (χ1) is 9.52. The third kappa shape index (κ3) is 3.18. The van der Waals surface area contributed by atoms with Gasteiger partial charge in [0.15, 0.2) is 0 Å². The third-order valence-corrected chi connectivity index (χ3v) is 4.06. The summed E-state index contributed by atoms with van der Waals surface area (Å²) in [7, 11) is 3.35. The fourth-order valence-electron chi connectivity index (χ4n) is 2.02. The summed E-state index contributed by atoms with van der Waals surface area (Å²) >= 11 is 3.31. The highest BCUT2D eigenvalue weighted by atomic mass is 79.9. The zero-order chi connectivity index (χ0) is 14.7. The van der Waals surface area contributed by atoms with Gasteiger partial charge >= 0.3 is 5.97 Å². The summed E-state index contributed by atoms with van der Waals surface area (Å²) in [6.07, 6.45) is 1.61. The Balaban J connectivity index is 2.22. The lowest BCUT2D eigenvalue weighted by atomic mass is 10.3. The number of esters is 1. The molecule has 1 aliphatic heterocycles. The summed E-state index contributed by atoms with van der Waals surface area (Å²) in [6, 6.07) is 0. The first-order valence-corrected chi connectivity index (χ1v) is 7.08. The number of anilines is 1. The van der Waals surface area contributed by atoms with Crippen molar-refractivity contribution in [1.29, 1.82) is 0 Å². The maximum absolute atomic E-state index is 12.2. The van der Waals surface area contributed by atoms with Gasteiger partial charge in [0.1, 0.15) is 11.0 Å². The van der Waals surface area contributed by atoms with Gasteiger partial charge in [0.25, 0.3) is 5.56 Å². The number of likely N-dealkylation sites (N-methyl/N-ethyl adjacent to an activating group) is 1. The van der Waals surface area contributed by atoms with Crippen molar-refractivity contribution in [3.8, 4) is 0 Å². The second kappa shape index (κ2) is 6.36. The SMILES string of the molecule is COC(=O)Cn1ncc(N2CCN(C)CC2)c(Br)c1=O. The number of ether oxygens (including phenoxy) is 1. The van der Waals surface area contributed by atoms with E-state index in [0.717, 1.165) is 36.5 Å². The van der Waals surface area contributed by atoms with Crippen LogP contribution in [-0.4, -0.2) is 61.0 Å². The van der Waals surface area contributed by atoms with Gasteiger partial charge in [-0.1, -0.05) is 0 Å². The van der Waals surface area contributed by atoms with Crippen LogP contribution < -0.4 is 10.5 Å². The number of carbonyl (C=O) groups is 1. The average molecular weight is 345 g/mol. The van der Waals surface area contributed by atoms with Crippen molar-refractivity contribution < 1.29 is 9.53 Å². The van der Waals surface area contributed by atoms with Crippen molar-refractivity contribution in [3.05, 3.63) is 21.0 Å². The highest BCUT2D eigenvalue weighted by molar-refractivity contribution is 9.10. The minimum atomic E-state index is -0.501. The van der Waals surface area contributed by atoms with E-state index in [2.05, 4.69) is 42.6 Å². The quantitative estimate of drug-likeness (QED) is 0.715. The van der Waals surface area contributed by atoms with Gasteiger partial charge in [-0.3, -0.25) is 9.59 Å². The van der Waals surface area contributed by atoms with E-state index in [1.54, 1.807) is 6.20 Å². The average Bonchev–Trinajstić information content (AvgIpc) is 2.45. The molecule has 0 saturated carbocycles. The van der Waals surface area contributed by atoms with Crippen molar-refractivity contribution in [2.45, 2.75) is 6.54 Å². The van der Waals surface area contributed by atoms with E-state index in [0.29, 0.717) is 4.47 Å². The summed E-state index contributed by atoms with van der Waals surface area (Å²) < 4.78 is 6.06. The van der Waals surface area contributed by atoms with Gasteiger partial charge in [0, 0.05) is 26.2 Å². The molecule has 8 heteroatoms. The molecule has 1 aliphatic rings. The van der Waals surface area contributed by atoms with E-state index >= 15 is 0 Å². The second-order valence-electron chi connectivity index (χ2n) is 4.67. The summed E-state index contributed by atoms with van der Waals surface area (Å²) in [4.78, 5) is 27.7. The summed E-state index contributed by atoms with van der Waals surface area (Å²) in [5.74, 6) is -0.501. The molecule has 0 N–H and O–H groups in total. The summed E-state index contributed by atoms with van der Waals surface area (Å²) in [6.45, 7) is 3.39. The predicted molar refractivity (Wildman–Crippen MR) is 77.9 cm³/mol. The Morgan fingerprint density at radius 1 is 1.40 bits per heavy atom. The highest BCUT2D eigenvalue weighted by Crippen LogP contribution is 2.22. The van der Waals surface area contributed by atoms with Crippen LogP contribution in [0.1, 0.15) is 0 Å². The maximum atomic E-state index is 12.2. The molecule has 20 heavy (non-hydrogen) atoms. The lowest BCUT2D eigenvalue weighted by Crippen LogP contribution is -2.45. The van der Waals surface area contributed by atoms with Crippen LogP contribution in [0, 0.1) is 0 Å². The number of hydrogen-bond donors (Lipinski definition) is 0. The number of hydrogen-bond acceptors (Lipinski definition) is 6. The van der Waals surface area contributed by atoms with E-state index in [9.17, 15) is 9.59 Å². The highest BCUT2D eigenvalue weighted by Gasteiger charge is 2.19. The van der Waals surface area contributed by atoms with Crippen LogP contribution in [0.4, 0.5) is 5.69 Å². The zero-order valence-electron chi connectivity index (χ0n) is 11.5. The summed E-state index contributed by atoms with van der Waals surface area (Å²) in [5, 5.41) is 4.04. The van der Waals surface area contributed by atoms with Gasteiger partial charge in [-0.15, -0.1) is 0 Å². The third-order valence-electron chi connectivity index (χ3n) is 3.32. The van der Waals surface area contributed by atoms with Gasteiger partial charge in [-0.25, -0.2) is 4.68 Å². The summed E-state index contributed by atoms with van der Waals surface area (Å²) in [5.41, 5.74) is 0.441. The van der Waals surface area contributed by atoms with Crippen LogP contribution in [0.5, 0.6) is 0 Å². The first-order valence-electron chi connectivity index (χ1n) is 6.29. The molecule has 1 fully saturated rings. The Morgan fingerprint density at radius 3 is 2.65 bits per heavy atom. The fourth-order valence-corrected chi connectivity index (χ4v) is 2.58. The molecule has 1 saturated heterocycles. The van der Waals surface area contributed by atoms with Crippen molar-refractivity contribution in [1.82, 2.24) is 14.7 Å². The van der Waals surface area contributed by atoms with Crippen LogP contribution in [-0.2, 0) is 16.1 Å². The fraction of sp³-hybridized carbons (Fsp3) is 0.583. The molecule has 2 heterocycles. The van der Waals surface area contributed by atoms with Crippen molar-refractivity contribution in [2.24, 2.45) is 0 Å². The molecule has 1 aromatic rings. The molecule has 0 amide bonds. The van der Waals surface area contributed by atoms with Crippen LogP contribution in [0.15, 0.2) is 15.5 Å². The standard InChI is InChI=1S/C12H17BrN4O3/c1-15-3-5-16(6-4-15)9-7-14-17(8-10(18)20-2)12(19)11(9)13/h7H,3-6,8H2,1-2H3. The molecule has 0 spiro atoms. The lowest BCUT2D eigenvalue weighted by molar-refractivity contribution is -0.141. The topological polar surface area (TPSA) is 67.7 Å². The van der Waals surface area contributed by atoms with Crippen LogP contribution in [0.2, 0.25) is 0 Å². The molecule has 2 rings (SSSR count). The number of rotatable bonds is 3. The zero-order valence-corrected chi connectivity index (χ0v) is 13.1. The van der Waals surface area contributed by atoms with E-state index in [4.69, 9.17) is 0 Å². The van der Waals surface area contributed by atoms with Gasteiger partial charge in [0.05, 0.1) is 19.0 Å². The molecule has 0 aliphatic carbocycles. The van der Waals surface area contributed by atoms with Crippen molar-refractivity contribution in [2.75, 3.05) is 45.2 Å². The van der Waals surface area contributed by atoms with E-state index < -0.39 is 5.97 Å². The molecular weight excluding hydrogens is 328 g/mol. The Bertz CT molecular complexity index is 552. The molecule has 1 aromatic heterocycles. The van der Waals surface area contributed by atoms with E-state index in [-0.39, 0.29) is 12.1 Å². The number of carbonyl (C=O) groups excluding carboxylic acids is 1. The monoisotopic (exact) mass is 344 g/mol. The molecule has 7 nitrogen and oxygen atoms in total. The van der Waals surface area contributed by atoms with Crippen molar-refractivity contribution in [3.63, 3.8) is 0 Å². The lowest BCUT2D eigenvalue weighted by Gasteiger charge is -2.34. The van der Waals surface area contributed by atoms with Gasteiger partial charge in [-0.2, -0.15) is 5.10 Å². The van der Waals surface area contributed by atoms with E-state index in [1.165, 1.54) is 7.11 Å². The number of methoxy groups -OCH3 is 1. The minimum absolute atomic E-state index is 0.184. The number of aromatic nitrogens is 2. The van der Waals surface area contributed by atoms with Crippen LogP contribution in [0.3, 0.4) is 0 Å². The number of nitrogens with zero attached hydrogens (tertiary/aromatic N) is 4. The molecule has 110 valence electrons. The maximum Gasteiger partial charge on any atom is 0.327 e. The molecular formula is C12H17BrN4O3. The number of halogens is 1. The van der Waals surface area contributed by atoms with E-state index in [1.807, 2.05) is 0 Å². The predicted octanol–water partition coefficient (Wildman–Crippen LogP) is -0.0694. The minimum Gasteiger partial charge on any atom is -0.468 e. The van der Waals surface area contributed by atoms with Gasteiger partial charge < -0.3 is 14.5 Å². The normalized spacial score (nSPS) is 16.2. The Kier molecular flexibility index (Phi) is 4.77. The number of piperazine rings is 1. The molecule has 0 unspecified atom stereocenters. The van der Waals surface area contributed by atoms with Gasteiger partial charge in [-0.05, 0) is 23.0 Å². The van der Waals surface area contributed by atoms with Crippen LogP contribution >= 0.6 is 15.9 Å².